The molecule has 0 aliphatic heterocycles. The zero-order valence-corrected chi connectivity index (χ0v) is 12.8. The third-order valence-corrected chi connectivity index (χ3v) is 5.07. The minimum atomic E-state index is 0.592. The molecular weight excluding hydrogens is 240 g/mol. The largest absolute Gasteiger partial charge is 0.0632 e. The molecule has 0 radical (unpaired) electrons. The molecule has 0 fully saturated rings. The predicted octanol–water partition coefficient (Wildman–Crippen LogP) is 5.68. The summed E-state index contributed by atoms with van der Waals surface area (Å²) in [5.74, 6) is 0.592. The van der Waals surface area contributed by atoms with E-state index < -0.39 is 0 Å². The molecule has 0 saturated carbocycles. The second-order valence-electron chi connectivity index (χ2n) is 5.99. The van der Waals surface area contributed by atoms with Crippen LogP contribution >= 0.6 is 0 Å². The minimum absolute atomic E-state index is 0.592. The van der Waals surface area contributed by atoms with Gasteiger partial charge in [-0.1, -0.05) is 60.5 Å². The van der Waals surface area contributed by atoms with Crippen LogP contribution in [0.2, 0.25) is 0 Å². The third kappa shape index (κ3) is 2.00. The maximum Gasteiger partial charge on any atom is -0.000923 e. The molecule has 0 heteroatoms. The van der Waals surface area contributed by atoms with Crippen LogP contribution in [0.25, 0.3) is 10.8 Å². The Morgan fingerprint density at radius 2 is 1.55 bits per heavy atom. The first-order chi connectivity index (χ1) is 9.59. The first-order valence-electron chi connectivity index (χ1n) is 7.43. The van der Waals surface area contributed by atoms with Crippen LogP contribution in [0.5, 0.6) is 0 Å². The molecule has 1 aliphatic carbocycles. The Morgan fingerprint density at radius 1 is 0.850 bits per heavy atom. The fourth-order valence-electron chi connectivity index (χ4n) is 3.38. The summed E-state index contributed by atoms with van der Waals surface area (Å²) in [5.41, 5.74) is 7.58. The van der Waals surface area contributed by atoms with Crippen LogP contribution in [-0.4, -0.2) is 0 Å². The lowest BCUT2D eigenvalue weighted by Gasteiger charge is -2.14. The van der Waals surface area contributed by atoms with Crippen LogP contribution in [0.4, 0.5) is 0 Å². The molecule has 20 heavy (non-hydrogen) atoms. The van der Waals surface area contributed by atoms with Gasteiger partial charge >= 0.3 is 0 Å². The van der Waals surface area contributed by atoms with Crippen LogP contribution < -0.4 is 0 Å². The number of allylic oxidation sites excluding steroid dienone is 4. The highest BCUT2D eigenvalue weighted by atomic mass is 14.3. The SMILES string of the molecule is CC1=C(C)C(C)C(Cc2cccc3ccccc23)=C1C. The average Bonchev–Trinajstić information content (AvgIpc) is 2.65. The molecule has 3 rings (SSSR count). The van der Waals surface area contributed by atoms with Crippen LogP contribution in [0.15, 0.2) is 64.8 Å². The van der Waals surface area contributed by atoms with E-state index in [0.717, 1.165) is 6.42 Å². The van der Waals surface area contributed by atoms with Crippen molar-refractivity contribution >= 4 is 10.8 Å². The summed E-state index contributed by atoms with van der Waals surface area (Å²) in [6, 6.07) is 15.4. The molecule has 1 aliphatic rings. The van der Waals surface area contributed by atoms with Crippen molar-refractivity contribution in [1.29, 1.82) is 0 Å². The molecule has 0 aromatic heterocycles. The second kappa shape index (κ2) is 4.94. The van der Waals surface area contributed by atoms with Gasteiger partial charge in [-0.25, -0.2) is 0 Å². The zero-order valence-electron chi connectivity index (χ0n) is 12.8. The maximum atomic E-state index is 2.34. The van der Waals surface area contributed by atoms with Crippen molar-refractivity contribution in [3.8, 4) is 0 Å². The summed E-state index contributed by atoms with van der Waals surface area (Å²) in [6.45, 7) is 9.16. The lowest BCUT2D eigenvalue weighted by Crippen LogP contribution is -2.01. The Morgan fingerprint density at radius 3 is 2.25 bits per heavy atom. The van der Waals surface area contributed by atoms with Gasteiger partial charge in [0.05, 0.1) is 0 Å². The zero-order chi connectivity index (χ0) is 14.3. The van der Waals surface area contributed by atoms with Crippen molar-refractivity contribution in [3.05, 3.63) is 70.3 Å². The van der Waals surface area contributed by atoms with E-state index in [2.05, 4.69) is 70.2 Å². The topological polar surface area (TPSA) is 0 Å². The molecule has 1 unspecified atom stereocenters. The molecule has 0 spiro atoms. The van der Waals surface area contributed by atoms with Gasteiger partial charge in [-0.2, -0.15) is 0 Å². The Labute approximate surface area is 121 Å². The number of fused-ring (bicyclic) bond motifs is 1. The van der Waals surface area contributed by atoms with Crippen molar-refractivity contribution in [1.82, 2.24) is 0 Å². The van der Waals surface area contributed by atoms with Crippen molar-refractivity contribution in [3.63, 3.8) is 0 Å². The van der Waals surface area contributed by atoms with Gasteiger partial charge in [-0.15, -0.1) is 0 Å². The molecule has 0 nitrogen and oxygen atoms in total. The monoisotopic (exact) mass is 262 g/mol. The van der Waals surface area contributed by atoms with E-state index in [1.165, 1.54) is 33.1 Å². The van der Waals surface area contributed by atoms with E-state index >= 15 is 0 Å². The van der Waals surface area contributed by atoms with Crippen molar-refractivity contribution in [2.24, 2.45) is 5.92 Å². The molecule has 0 N–H and O–H groups in total. The molecule has 0 bridgehead atoms. The van der Waals surface area contributed by atoms with Gasteiger partial charge in [-0.3, -0.25) is 0 Å². The van der Waals surface area contributed by atoms with Crippen molar-refractivity contribution in [2.45, 2.75) is 34.1 Å². The molecule has 2 aromatic rings. The molecule has 1 atom stereocenters. The summed E-state index contributed by atoms with van der Waals surface area (Å²) >= 11 is 0. The molecular formula is C20H22. The molecule has 102 valence electrons. The highest BCUT2D eigenvalue weighted by Crippen LogP contribution is 2.38. The smallest absolute Gasteiger partial charge is 0.000923 e. The van der Waals surface area contributed by atoms with Gasteiger partial charge in [0.25, 0.3) is 0 Å². The lowest BCUT2D eigenvalue weighted by atomic mass is 9.90. The molecule has 0 saturated heterocycles. The maximum absolute atomic E-state index is 2.34. The Hall–Kier alpha value is -1.82. The van der Waals surface area contributed by atoms with Crippen LogP contribution in [0, 0.1) is 5.92 Å². The summed E-state index contributed by atoms with van der Waals surface area (Å²) in [5, 5.41) is 2.74. The van der Waals surface area contributed by atoms with E-state index in [1.807, 2.05) is 0 Å². The summed E-state index contributed by atoms with van der Waals surface area (Å²) in [6.07, 6.45) is 1.07. The number of rotatable bonds is 2. The normalized spacial score (nSPS) is 19.3. The lowest BCUT2D eigenvalue weighted by molar-refractivity contribution is 0.785. The van der Waals surface area contributed by atoms with Crippen LogP contribution in [0.3, 0.4) is 0 Å². The van der Waals surface area contributed by atoms with Gasteiger partial charge in [-0.05, 0) is 60.6 Å². The first kappa shape index (κ1) is 13.2. The predicted molar refractivity (Wildman–Crippen MR) is 87.9 cm³/mol. The standard InChI is InChI=1S/C20H22/c1-13-14(2)16(4)20(15(13)3)12-18-10-7-9-17-8-5-6-11-19(17)18/h5-11,15H,12H2,1-4H3. The Kier molecular flexibility index (Phi) is 3.25. The highest BCUT2D eigenvalue weighted by molar-refractivity contribution is 5.86. The Balaban J connectivity index is 2.04. The van der Waals surface area contributed by atoms with Crippen LogP contribution in [0.1, 0.15) is 33.3 Å². The van der Waals surface area contributed by atoms with Gasteiger partial charge < -0.3 is 0 Å². The number of hydrogen-bond acceptors (Lipinski definition) is 0. The number of benzene rings is 2. The summed E-state index contributed by atoms with van der Waals surface area (Å²) in [4.78, 5) is 0. The quantitative estimate of drug-likeness (QED) is 0.652. The highest BCUT2D eigenvalue weighted by Gasteiger charge is 2.23. The van der Waals surface area contributed by atoms with Gasteiger partial charge in [0, 0.05) is 0 Å². The average molecular weight is 262 g/mol. The van der Waals surface area contributed by atoms with Gasteiger partial charge in [0.2, 0.25) is 0 Å². The van der Waals surface area contributed by atoms with E-state index in [4.69, 9.17) is 0 Å². The summed E-state index contributed by atoms with van der Waals surface area (Å²) in [7, 11) is 0. The molecule has 2 aromatic carbocycles. The van der Waals surface area contributed by atoms with Crippen molar-refractivity contribution in [2.75, 3.05) is 0 Å². The Bertz CT molecular complexity index is 723. The van der Waals surface area contributed by atoms with Crippen molar-refractivity contribution < 1.29 is 0 Å². The van der Waals surface area contributed by atoms with E-state index in [0.29, 0.717) is 5.92 Å². The van der Waals surface area contributed by atoms with E-state index in [-0.39, 0.29) is 0 Å². The van der Waals surface area contributed by atoms with Crippen LogP contribution in [-0.2, 0) is 6.42 Å². The van der Waals surface area contributed by atoms with Gasteiger partial charge in [0.1, 0.15) is 0 Å². The molecule has 0 heterocycles. The van der Waals surface area contributed by atoms with Gasteiger partial charge in [0.15, 0.2) is 0 Å². The third-order valence-electron chi connectivity index (χ3n) is 5.07. The number of hydrogen-bond donors (Lipinski definition) is 0. The second-order valence-corrected chi connectivity index (χ2v) is 5.99. The molecule has 0 amide bonds. The van der Waals surface area contributed by atoms with E-state index in [1.54, 1.807) is 5.57 Å². The fraction of sp³-hybridized carbons (Fsp3) is 0.300. The minimum Gasteiger partial charge on any atom is -0.0632 e. The van der Waals surface area contributed by atoms with E-state index in [9.17, 15) is 0 Å². The fourth-order valence-corrected chi connectivity index (χ4v) is 3.38. The first-order valence-corrected chi connectivity index (χ1v) is 7.43. The summed E-state index contributed by atoms with van der Waals surface area (Å²) < 4.78 is 0.